The summed E-state index contributed by atoms with van der Waals surface area (Å²) < 4.78 is 0. The number of amides is 2. The van der Waals surface area contributed by atoms with Crippen LogP contribution in [0.4, 0.5) is 0 Å². The minimum Gasteiger partial charge on any atom is -0.357 e. The average Bonchev–Trinajstić information content (AvgIpc) is 3.42. The van der Waals surface area contributed by atoms with Gasteiger partial charge in [0.15, 0.2) is 5.96 Å². The Hall–Kier alpha value is -1.16. The van der Waals surface area contributed by atoms with E-state index in [0.29, 0.717) is 25.0 Å². The Balaban J connectivity index is 0.00000289. The van der Waals surface area contributed by atoms with Crippen LogP contribution in [0.2, 0.25) is 0 Å². The van der Waals surface area contributed by atoms with Gasteiger partial charge in [0.1, 0.15) is 0 Å². The van der Waals surface area contributed by atoms with Crippen LogP contribution in [0, 0.1) is 29.6 Å². The minimum atomic E-state index is -0.109. The molecule has 32 heavy (non-hydrogen) atoms. The Labute approximate surface area is 209 Å². The van der Waals surface area contributed by atoms with Crippen LogP contribution in [0.5, 0.6) is 0 Å². The molecule has 5 atom stereocenters. The first-order valence-electron chi connectivity index (χ1n) is 12.3. The molecule has 0 radical (unpaired) electrons. The van der Waals surface area contributed by atoms with E-state index in [9.17, 15) is 9.59 Å². The molecular weight excluding hydrogens is 517 g/mol. The Kier molecular flexibility index (Phi) is 9.00. The van der Waals surface area contributed by atoms with Gasteiger partial charge >= 0.3 is 0 Å². The average molecular weight is 558 g/mol. The quantitative estimate of drug-likeness (QED) is 0.158. The molecule has 2 heterocycles. The van der Waals surface area contributed by atoms with Gasteiger partial charge in [-0.15, -0.1) is 24.0 Å². The van der Waals surface area contributed by atoms with E-state index in [1.807, 2.05) is 0 Å². The van der Waals surface area contributed by atoms with Crippen LogP contribution in [0.3, 0.4) is 0 Å². The molecule has 3 fully saturated rings. The lowest BCUT2D eigenvalue weighted by atomic mass is 9.85. The number of imide groups is 1. The maximum absolute atomic E-state index is 12.8. The fraction of sp³-hybridized carbons (Fsp3) is 0.792. The molecule has 2 aliphatic heterocycles. The molecule has 2 saturated heterocycles. The number of allylic oxidation sites excluding steroid dienone is 2. The number of carbonyl (C=O) groups excluding carboxylic acids is 2. The van der Waals surface area contributed by atoms with Gasteiger partial charge in [0, 0.05) is 32.2 Å². The summed E-state index contributed by atoms with van der Waals surface area (Å²) in [5.41, 5.74) is 0. The molecule has 0 spiro atoms. The highest BCUT2D eigenvalue weighted by Gasteiger charge is 2.58. The van der Waals surface area contributed by atoms with Crippen molar-refractivity contribution in [2.45, 2.75) is 52.5 Å². The van der Waals surface area contributed by atoms with Gasteiger partial charge in [-0.3, -0.25) is 24.4 Å². The molecule has 1 saturated carbocycles. The van der Waals surface area contributed by atoms with E-state index in [1.165, 1.54) is 30.7 Å². The number of nitrogens with zero attached hydrogens (tertiary/aromatic N) is 3. The molecule has 0 aromatic carbocycles. The van der Waals surface area contributed by atoms with Crippen molar-refractivity contribution in [2.75, 3.05) is 39.3 Å². The van der Waals surface area contributed by atoms with Crippen molar-refractivity contribution in [1.82, 2.24) is 20.4 Å². The molecule has 4 aliphatic rings. The highest BCUT2D eigenvalue weighted by atomic mass is 127. The predicted molar refractivity (Wildman–Crippen MR) is 138 cm³/mol. The van der Waals surface area contributed by atoms with Crippen molar-refractivity contribution in [3.63, 3.8) is 0 Å². The van der Waals surface area contributed by atoms with Gasteiger partial charge in [-0.25, -0.2) is 0 Å². The summed E-state index contributed by atoms with van der Waals surface area (Å²) in [7, 11) is 0. The van der Waals surface area contributed by atoms with Crippen molar-refractivity contribution in [3.05, 3.63) is 12.2 Å². The van der Waals surface area contributed by atoms with Crippen molar-refractivity contribution in [3.8, 4) is 0 Å². The molecule has 2 N–H and O–H groups in total. The second kappa shape index (κ2) is 11.3. The molecule has 2 aliphatic carbocycles. The molecule has 7 nitrogen and oxygen atoms in total. The van der Waals surface area contributed by atoms with Crippen LogP contribution in [-0.2, 0) is 9.59 Å². The number of halogens is 1. The third-order valence-electron chi connectivity index (χ3n) is 7.34. The van der Waals surface area contributed by atoms with Gasteiger partial charge in [-0.05, 0) is 50.5 Å². The Morgan fingerprint density at radius 1 is 1.12 bits per heavy atom. The van der Waals surface area contributed by atoms with Gasteiger partial charge < -0.3 is 10.6 Å². The molecule has 180 valence electrons. The van der Waals surface area contributed by atoms with Gasteiger partial charge in [0.2, 0.25) is 11.8 Å². The number of hydrogen-bond acceptors (Lipinski definition) is 4. The number of likely N-dealkylation sites (tertiary alicyclic amines) is 2. The van der Waals surface area contributed by atoms with Crippen LogP contribution in [0.25, 0.3) is 0 Å². The van der Waals surface area contributed by atoms with Crippen LogP contribution >= 0.6 is 24.0 Å². The molecule has 4 rings (SSSR count). The zero-order valence-corrected chi connectivity index (χ0v) is 22.1. The summed E-state index contributed by atoms with van der Waals surface area (Å²) >= 11 is 0. The number of piperidine rings is 1. The van der Waals surface area contributed by atoms with Gasteiger partial charge in [0.05, 0.1) is 18.4 Å². The summed E-state index contributed by atoms with van der Waals surface area (Å²) in [6.45, 7) is 11.4. The van der Waals surface area contributed by atoms with Crippen LogP contribution in [0.15, 0.2) is 17.1 Å². The van der Waals surface area contributed by atoms with Gasteiger partial charge in [0.25, 0.3) is 0 Å². The molecule has 0 aromatic heterocycles. The second-order valence-electron chi connectivity index (χ2n) is 10.0. The van der Waals surface area contributed by atoms with E-state index in [1.54, 1.807) is 0 Å². The lowest BCUT2D eigenvalue weighted by molar-refractivity contribution is -0.140. The summed E-state index contributed by atoms with van der Waals surface area (Å²) in [5.74, 6) is 1.82. The summed E-state index contributed by atoms with van der Waals surface area (Å²) in [5, 5.41) is 6.66. The first kappa shape index (κ1) is 25.5. The minimum absolute atomic E-state index is 0. The lowest BCUT2D eigenvalue weighted by Gasteiger charge is -2.36. The van der Waals surface area contributed by atoms with Crippen molar-refractivity contribution in [2.24, 2.45) is 34.6 Å². The van der Waals surface area contributed by atoms with Crippen LogP contribution in [-0.4, -0.2) is 72.9 Å². The maximum atomic E-state index is 12.8. The van der Waals surface area contributed by atoms with Crippen molar-refractivity contribution in [1.29, 1.82) is 0 Å². The SMILES string of the molecule is CCNC(=NCC1CCCCN1CC(C)C)NCCN1C(=O)C2C3C=CC(C3)C2C1=O.I. The fourth-order valence-electron chi connectivity index (χ4n) is 5.99. The monoisotopic (exact) mass is 557 g/mol. The second-order valence-corrected chi connectivity index (χ2v) is 10.0. The Bertz CT molecular complexity index is 710. The van der Waals surface area contributed by atoms with E-state index >= 15 is 0 Å². The van der Waals surface area contributed by atoms with E-state index < -0.39 is 0 Å². The van der Waals surface area contributed by atoms with Crippen LogP contribution < -0.4 is 10.6 Å². The Morgan fingerprint density at radius 2 is 1.81 bits per heavy atom. The number of nitrogens with one attached hydrogen (secondary N) is 2. The number of rotatable bonds is 8. The highest BCUT2D eigenvalue weighted by Crippen LogP contribution is 2.52. The lowest BCUT2D eigenvalue weighted by Crippen LogP contribution is -2.46. The van der Waals surface area contributed by atoms with E-state index in [0.717, 1.165) is 32.0 Å². The predicted octanol–water partition coefficient (Wildman–Crippen LogP) is 2.48. The van der Waals surface area contributed by atoms with E-state index in [4.69, 9.17) is 4.99 Å². The zero-order valence-electron chi connectivity index (χ0n) is 19.8. The first-order chi connectivity index (χ1) is 15.0. The largest absolute Gasteiger partial charge is 0.357 e. The standard InChI is InChI=1S/C24H39N5O2.HI/c1-4-25-24(27-14-19-7-5-6-11-28(19)15-16(2)3)26-10-12-29-22(30)20-17-8-9-18(13-17)21(20)23(29)31;/h8-9,16-21H,4-7,10-15H2,1-3H3,(H2,25,26,27);1H. The molecule has 5 unspecified atom stereocenters. The summed E-state index contributed by atoms with van der Waals surface area (Å²) in [6.07, 6.45) is 9.02. The third kappa shape index (κ3) is 5.32. The van der Waals surface area contributed by atoms with Crippen molar-refractivity contribution >= 4 is 41.8 Å². The summed E-state index contributed by atoms with van der Waals surface area (Å²) in [6, 6.07) is 0.496. The highest BCUT2D eigenvalue weighted by molar-refractivity contribution is 14.0. The number of guanidine groups is 1. The van der Waals surface area contributed by atoms with Gasteiger partial charge in [-0.2, -0.15) is 0 Å². The number of aliphatic imine (C=N–C) groups is 1. The molecule has 0 aromatic rings. The molecular formula is C24H40IN5O2. The Morgan fingerprint density at radius 3 is 2.44 bits per heavy atom. The molecule has 2 amide bonds. The molecule has 2 bridgehead atoms. The smallest absolute Gasteiger partial charge is 0.233 e. The number of carbonyl (C=O) groups is 2. The third-order valence-corrected chi connectivity index (χ3v) is 7.34. The van der Waals surface area contributed by atoms with Crippen LogP contribution in [0.1, 0.15) is 46.5 Å². The van der Waals surface area contributed by atoms with E-state index in [-0.39, 0.29) is 59.5 Å². The zero-order chi connectivity index (χ0) is 22.0. The number of fused-ring (bicyclic) bond motifs is 5. The maximum Gasteiger partial charge on any atom is 0.233 e. The first-order valence-corrected chi connectivity index (χ1v) is 12.3. The van der Waals surface area contributed by atoms with Crippen molar-refractivity contribution < 1.29 is 9.59 Å². The fourth-order valence-corrected chi connectivity index (χ4v) is 5.99. The van der Waals surface area contributed by atoms with E-state index in [2.05, 4.69) is 48.5 Å². The van der Waals surface area contributed by atoms with Gasteiger partial charge in [-0.1, -0.05) is 32.4 Å². The normalized spacial score (nSPS) is 31.9. The number of hydrogen-bond donors (Lipinski definition) is 2. The topological polar surface area (TPSA) is 77.0 Å². The summed E-state index contributed by atoms with van der Waals surface area (Å²) in [4.78, 5) is 34.6. The molecule has 8 heteroatoms.